The molecule has 7 nitrogen and oxygen atoms in total. The van der Waals surface area contributed by atoms with E-state index in [1.807, 2.05) is 30.3 Å². The Bertz CT molecular complexity index is 911. The molecule has 2 heterocycles. The summed E-state index contributed by atoms with van der Waals surface area (Å²) in [7, 11) is 0. The van der Waals surface area contributed by atoms with Crippen LogP contribution in [0.2, 0.25) is 0 Å². The molecule has 0 bridgehead atoms. The molecular weight excluding hydrogens is 358 g/mol. The lowest BCUT2D eigenvalue weighted by Gasteiger charge is -2.19. The molecule has 0 fully saturated rings. The van der Waals surface area contributed by atoms with Crippen LogP contribution in [0.25, 0.3) is 0 Å². The SMILES string of the molecule is O=C(CCC(=O)N1CCC(c2ccccc2)=N1)Nc1ccc2c(c1)OCCO2. The number of hydrogen-bond acceptors (Lipinski definition) is 5. The summed E-state index contributed by atoms with van der Waals surface area (Å²) >= 11 is 0. The number of ether oxygens (including phenoxy) is 2. The molecule has 0 atom stereocenters. The summed E-state index contributed by atoms with van der Waals surface area (Å²) in [5.74, 6) is 0.903. The first-order valence-electron chi connectivity index (χ1n) is 9.32. The number of hydrogen-bond donors (Lipinski definition) is 1. The van der Waals surface area contributed by atoms with Crippen LogP contribution in [-0.4, -0.2) is 42.3 Å². The van der Waals surface area contributed by atoms with E-state index < -0.39 is 0 Å². The molecule has 2 aromatic carbocycles. The Labute approximate surface area is 162 Å². The van der Waals surface area contributed by atoms with E-state index in [1.54, 1.807) is 18.2 Å². The molecule has 2 aromatic rings. The fourth-order valence-corrected chi connectivity index (χ4v) is 3.16. The van der Waals surface area contributed by atoms with E-state index in [9.17, 15) is 9.59 Å². The maximum atomic E-state index is 12.4. The van der Waals surface area contributed by atoms with Crippen molar-refractivity contribution in [3.8, 4) is 11.5 Å². The maximum absolute atomic E-state index is 12.4. The standard InChI is InChI=1S/C21H21N3O4/c25-20(22-16-6-7-18-19(14-16)28-13-12-27-18)8-9-21(26)24-11-10-17(23-24)15-4-2-1-3-5-15/h1-7,14H,8-13H2,(H,22,25). The third kappa shape index (κ3) is 4.14. The average Bonchev–Trinajstić information content (AvgIpc) is 3.23. The number of nitrogens with zero attached hydrogens (tertiary/aromatic N) is 2. The van der Waals surface area contributed by atoms with Gasteiger partial charge in [-0.05, 0) is 17.7 Å². The van der Waals surface area contributed by atoms with E-state index >= 15 is 0 Å². The molecule has 0 saturated carbocycles. The number of carbonyl (C=O) groups is 2. The molecule has 4 rings (SSSR count). The third-order valence-corrected chi connectivity index (χ3v) is 4.59. The molecule has 0 spiro atoms. The van der Waals surface area contributed by atoms with Gasteiger partial charge >= 0.3 is 0 Å². The van der Waals surface area contributed by atoms with Gasteiger partial charge in [0, 0.05) is 31.0 Å². The van der Waals surface area contributed by atoms with E-state index in [1.165, 1.54) is 5.01 Å². The molecule has 0 aliphatic carbocycles. The van der Waals surface area contributed by atoms with Crippen LogP contribution in [0, 0.1) is 0 Å². The van der Waals surface area contributed by atoms with Crippen molar-refractivity contribution in [3.05, 3.63) is 54.1 Å². The zero-order chi connectivity index (χ0) is 19.3. The molecule has 2 amide bonds. The Balaban J connectivity index is 1.29. The van der Waals surface area contributed by atoms with Crippen molar-refractivity contribution in [1.29, 1.82) is 0 Å². The van der Waals surface area contributed by atoms with Crippen LogP contribution in [0.5, 0.6) is 11.5 Å². The van der Waals surface area contributed by atoms with Gasteiger partial charge in [0.05, 0.1) is 12.3 Å². The second-order valence-electron chi connectivity index (χ2n) is 6.59. The Kier molecular flexibility index (Phi) is 5.23. The average molecular weight is 379 g/mol. The second kappa shape index (κ2) is 8.12. The van der Waals surface area contributed by atoms with E-state index in [0.717, 1.165) is 17.7 Å². The van der Waals surface area contributed by atoms with Gasteiger partial charge in [-0.15, -0.1) is 0 Å². The van der Waals surface area contributed by atoms with Gasteiger partial charge in [-0.2, -0.15) is 5.10 Å². The minimum Gasteiger partial charge on any atom is -0.486 e. The van der Waals surface area contributed by atoms with Crippen molar-refractivity contribution in [2.24, 2.45) is 5.10 Å². The smallest absolute Gasteiger partial charge is 0.243 e. The monoisotopic (exact) mass is 379 g/mol. The number of anilines is 1. The predicted octanol–water partition coefficient (Wildman–Crippen LogP) is 2.81. The van der Waals surface area contributed by atoms with Crippen molar-refractivity contribution in [2.75, 3.05) is 25.1 Å². The Morgan fingerprint density at radius 2 is 1.79 bits per heavy atom. The molecule has 144 valence electrons. The summed E-state index contributed by atoms with van der Waals surface area (Å²) in [5, 5.41) is 8.66. The molecule has 0 unspecified atom stereocenters. The summed E-state index contributed by atoms with van der Waals surface area (Å²) in [4.78, 5) is 24.6. The van der Waals surface area contributed by atoms with Gasteiger partial charge in [-0.3, -0.25) is 9.59 Å². The largest absolute Gasteiger partial charge is 0.486 e. The van der Waals surface area contributed by atoms with E-state index in [0.29, 0.717) is 36.9 Å². The highest BCUT2D eigenvalue weighted by atomic mass is 16.6. The van der Waals surface area contributed by atoms with Crippen LogP contribution in [0.3, 0.4) is 0 Å². The maximum Gasteiger partial charge on any atom is 0.243 e. The van der Waals surface area contributed by atoms with E-state index in [-0.39, 0.29) is 24.7 Å². The molecule has 0 radical (unpaired) electrons. The highest BCUT2D eigenvalue weighted by Gasteiger charge is 2.22. The number of nitrogens with one attached hydrogen (secondary N) is 1. The second-order valence-corrected chi connectivity index (χ2v) is 6.59. The van der Waals surface area contributed by atoms with Crippen molar-refractivity contribution < 1.29 is 19.1 Å². The molecular formula is C21H21N3O4. The Morgan fingerprint density at radius 3 is 2.61 bits per heavy atom. The van der Waals surface area contributed by atoms with Gasteiger partial charge in [0.2, 0.25) is 11.8 Å². The molecule has 7 heteroatoms. The first kappa shape index (κ1) is 18.0. The first-order chi connectivity index (χ1) is 13.7. The van der Waals surface area contributed by atoms with Gasteiger partial charge < -0.3 is 14.8 Å². The Morgan fingerprint density at radius 1 is 1.00 bits per heavy atom. The lowest BCUT2D eigenvalue weighted by molar-refractivity contribution is -0.132. The van der Waals surface area contributed by atoms with Gasteiger partial charge in [0.25, 0.3) is 0 Å². The van der Waals surface area contributed by atoms with Crippen molar-refractivity contribution in [1.82, 2.24) is 5.01 Å². The highest BCUT2D eigenvalue weighted by molar-refractivity contribution is 6.02. The fraction of sp³-hybridized carbons (Fsp3) is 0.286. The molecule has 0 aromatic heterocycles. The topological polar surface area (TPSA) is 80.2 Å². The lowest BCUT2D eigenvalue weighted by Crippen LogP contribution is -2.25. The Hall–Kier alpha value is -3.35. The van der Waals surface area contributed by atoms with Gasteiger partial charge in [-0.25, -0.2) is 5.01 Å². The highest BCUT2D eigenvalue weighted by Crippen LogP contribution is 2.32. The normalized spacial score (nSPS) is 15.1. The molecule has 2 aliphatic heterocycles. The summed E-state index contributed by atoms with van der Waals surface area (Å²) in [6.45, 7) is 1.55. The number of amides is 2. The number of hydrazone groups is 1. The number of benzene rings is 2. The van der Waals surface area contributed by atoms with Gasteiger partial charge in [-0.1, -0.05) is 30.3 Å². The minimum absolute atomic E-state index is 0.0972. The summed E-state index contributed by atoms with van der Waals surface area (Å²) < 4.78 is 11.0. The van der Waals surface area contributed by atoms with Crippen molar-refractivity contribution >= 4 is 23.2 Å². The van der Waals surface area contributed by atoms with Crippen LogP contribution in [0.4, 0.5) is 5.69 Å². The molecule has 0 saturated heterocycles. The van der Waals surface area contributed by atoms with Crippen molar-refractivity contribution in [3.63, 3.8) is 0 Å². The quantitative estimate of drug-likeness (QED) is 0.866. The molecule has 1 N–H and O–H groups in total. The number of carbonyl (C=O) groups excluding carboxylic acids is 2. The van der Waals surface area contributed by atoms with Crippen LogP contribution >= 0.6 is 0 Å². The van der Waals surface area contributed by atoms with Crippen LogP contribution in [0.15, 0.2) is 53.6 Å². The zero-order valence-electron chi connectivity index (χ0n) is 15.4. The van der Waals surface area contributed by atoms with Gasteiger partial charge in [0.1, 0.15) is 13.2 Å². The summed E-state index contributed by atoms with van der Waals surface area (Å²) in [6.07, 6.45) is 0.932. The fourth-order valence-electron chi connectivity index (χ4n) is 3.16. The summed E-state index contributed by atoms with van der Waals surface area (Å²) in [6, 6.07) is 15.0. The molecule has 28 heavy (non-hydrogen) atoms. The first-order valence-corrected chi connectivity index (χ1v) is 9.32. The van der Waals surface area contributed by atoms with Crippen LogP contribution < -0.4 is 14.8 Å². The lowest BCUT2D eigenvalue weighted by atomic mass is 10.1. The molecule has 2 aliphatic rings. The number of fused-ring (bicyclic) bond motifs is 1. The van der Waals surface area contributed by atoms with Crippen LogP contribution in [0.1, 0.15) is 24.8 Å². The zero-order valence-corrected chi connectivity index (χ0v) is 15.4. The van der Waals surface area contributed by atoms with E-state index in [2.05, 4.69) is 10.4 Å². The van der Waals surface area contributed by atoms with Crippen molar-refractivity contribution in [2.45, 2.75) is 19.3 Å². The number of rotatable bonds is 5. The predicted molar refractivity (Wildman–Crippen MR) is 105 cm³/mol. The third-order valence-electron chi connectivity index (χ3n) is 4.59. The van der Waals surface area contributed by atoms with E-state index in [4.69, 9.17) is 9.47 Å². The minimum atomic E-state index is -0.225. The van der Waals surface area contributed by atoms with Gasteiger partial charge in [0.15, 0.2) is 11.5 Å². The van der Waals surface area contributed by atoms with Crippen LogP contribution in [-0.2, 0) is 9.59 Å². The summed E-state index contributed by atoms with van der Waals surface area (Å²) in [5.41, 5.74) is 2.54.